The van der Waals surface area contributed by atoms with Crippen molar-refractivity contribution in [3.05, 3.63) is 96.8 Å². The Bertz CT molecular complexity index is 2080. The molecule has 2 N–H and O–H groups in total. The highest BCUT2D eigenvalue weighted by Crippen LogP contribution is 2.44. The number of hydrogen-bond acceptors (Lipinski definition) is 7. The molecule has 0 radical (unpaired) electrons. The van der Waals surface area contributed by atoms with Gasteiger partial charge in [0, 0.05) is 42.4 Å². The number of rotatable bonds is 7. The van der Waals surface area contributed by atoms with E-state index in [4.69, 9.17) is 8.83 Å². The summed E-state index contributed by atoms with van der Waals surface area (Å²) in [5.74, 6) is 0.244. The number of sulfonamides is 1. The van der Waals surface area contributed by atoms with Gasteiger partial charge in [0.15, 0.2) is 5.58 Å². The fourth-order valence-corrected chi connectivity index (χ4v) is 5.40. The number of phenolic OH excluding ortho intramolecular Hbond substituents is 1. The van der Waals surface area contributed by atoms with Crippen LogP contribution in [0, 0.1) is 5.82 Å². The summed E-state index contributed by atoms with van der Waals surface area (Å²) in [6, 6.07) is 21.5. The van der Waals surface area contributed by atoms with Crippen LogP contribution in [0.25, 0.3) is 61.7 Å². The third kappa shape index (κ3) is 4.65. The molecule has 2 aromatic heterocycles. The van der Waals surface area contributed by atoms with Gasteiger partial charge in [0.05, 0.1) is 23.1 Å². The van der Waals surface area contributed by atoms with Gasteiger partial charge in [-0.2, -0.15) is 0 Å². The lowest BCUT2D eigenvalue weighted by Gasteiger charge is -2.21. The summed E-state index contributed by atoms with van der Waals surface area (Å²) in [5.41, 5.74) is 5.28. The molecule has 0 spiro atoms. The minimum atomic E-state index is -3.68. The van der Waals surface area contributed by atoms with Crippen molar-refractivity contribution in [1.29, 1.82) is 0 Å². The summed E-state index contributed by atoms with van der Waals surface area (Å²) in [7, 11) is -0.495. The first-order valence-corrected chi connectivity index (χ1v) is 14.8. The van der Waals surface area contributed by atoms with Crippen LogP contribution in [-0.2, 0) is 10.0 Å². The molecular formula is C32H26FN3O5S. The molecule has 4 aromatic carbocycles. The molecule has 212 valence electrons. The molecule has 0 aliphatic heterocycles. The largest absolute Gasteiger partial charge is 0.507 e. The first-order chi connectivity index (χ1) is 20.0. The van der Waals surface area contributed by atoms with Crippen LogP contribution >= 0.6 is 0 Å². The molecule has 0 saturated heterocycles. The Morgan fingerprint density at radius 1 is 0.952 bits per heavy atom. The van der Waals surface area contributed by atoms with Gasteiger partial charge in [0.1, 0.15) is 28.4 Å². The molecule has 0 bridgehead atoms. The number of para-hydroxylation sites is 2. The van der Waals surface area contributed by atoms with Gasteiger partial charge >= 0.3 is 0 Å². The zero-order chi connectivity index (χ0) is 29.8. The highest BCUT2D eigenvalue weighted by Gasteiger charge is 2.25. The fraction of sp³-hybridized carbons (Fsp3) is 0.0938. The van der Waals surface area contributed by atoms with Gasteiger partial charge in [-0.25, -0.2) is 17.8 Å². The molecule has 0 aliphatic rings. The normalized spacial score (nSPS) is 11.7. The number of hydrogen-bond donors (Lipinski definition) is 2. The molecule has 0 fully saturated rings. The van der Waals surface area contributed by atoms with Gasteiger partial charge in [-0.05, 0) is 60.2 Å². The number of aromatic hydroxyl groups is 1. The van der Waals surface area contributed by atoms with E-state index in [1.165, 1.54) is 29.6 Å². The Balaban J connectivity index is 1.63. The third-order valence-electron chi connectivity index (χ3n) is 7.18. The van der Waals surface area contributed by atoms with Crippen molar-refractivity contribution in [3.8, 4) is 39.7 Å². The molecular weight excluding hydrogens is 557 g/mol. The van der Waals surface area contributed by atoms with E-state index < -0.39 is 10.0 Å². The van der Waals surface area contributed by atoms with E-state index in [9.17, 15) is 17.9 Å². The molecule has 0 atom stereocenters. The molecule has 0 saturated carbocycles. The molecule has 6 aromatic rings. The smallest absolute Gasteiger partial charge is 0.232 e. The fourth-order valence-electron chi connectivity index (χ4n) is 4.89. The molecule has 2 heterocycles. The van der Waals surface area contributed by atoms with Crippen molar-refractivity contribution < 1.29 is 26.7 Å². The number of fused-ring (bicyclic) bond motifs is 2. The molecule has 42 heavy (non-hydrogen) atoms. The van der Waals surface area contributed by atoms with E-state index in [0.29, 0.717) is 67.0 Å². The zero-order valence-corrected chi connectivity index (χ0v) is 23.8. The standard InChI is InChI=1S/C32H26FN3O5S/c1-18(34-2)30-24-16-22(20-11-14-27(37)23(15-20)32-35-25-7-5-6-8-28(25)41-32)26(36(3)42(4,38)39)17-29(24)40-31(30)19-9-12-21(33)13-10-19/h5-17,34,37H,1H2,2-4H3. The van der Waals surface area contributed by atoms with Crippen LogP contribution < -0.4 is 9.62 Å². The number of nitrogens with zero attached hydrogens (tertiary/aromatic N) is 2. The lowest BCUT2D eigenvalue weighted by Crippen LogP contribution is -2.25. The summed E-state index contributed by atoms with van der Waals surface area (Å²) in [6.45, 7) is 4.15. The second-order valence-electron chi connectivity index (χ2n) is 9.86. The van der Waals surface area contributed by atoms with Gasteiger partial charge in [0.2, 0.25) is 15.9 Å². The average Bonchev–Trinajstić information content (AvgIpc) is 3.57. The second kappa shape index (κ2) is 10.1. The SMILES string of the molecule is C=C(NC)c1c(-c2ccc(F)cc2)oc2cc(N(C)S(C)(=O)=O)c(-c3ccc(O)c(-c4nc5ccccc5o4)c3)cc12. The lowest BCUT2D eigenvalue weighted by atomic mass is 9.96. The minimum Gasteiger partial charge on any atom is -0.507 e. The van der Waals surface area contributed by atoms with E-state index in [0.717, 1.165) is 6.26 Å². The van der Waals surface area contributed by atoms with Gasteiger partial charge in [-0.3, -0.25) is 4.31 Å². The lowest BCUT2D eigenvalue weighted by molar-refractivity contribution is 0.474. The van der Waals surface area contributed by atoms with Crippen molar-refractivity contribution in [3.63, 3.8) is 0 Å². The van der Waals surface area contributed by atoms with Gasteiger partial charge in [0.25, 0.3) is 0 Å². The zero-order valence-electron chi connectivity index (χ0n) is 23.0. The molecule has 6 rings (SSSR count). The van der Waals surface area contributed by atoms with Gasteiger partial charge in [-0.15, -0.1) is 0 Å². The molecule has 8 nitrogen and oxygen atoms in total. The number of halogens is 1. The maximum Gasteiger partial charge on any atom is 0.232 e. The maximum atomic E-state index is 13.7. The number of nitrogens with one attached hydrogen (secondary N) is 1. The van der Waals surface area contributed by atoms with Crippen LogP contribution in [0.3, 0.4) is 0 Å². The van der Waals surface area contributed by atoms with E-state index >= 15 is 0 Å². The van der Waals surface area contributed by atoms with E-state index in [2.05, 4.69) is 16.9 Å². The van der Waals surface area contributed by atoms with Crippen molar-refractivity contribution in [2.24, 2.45) is 0 Å². The van der Waals surface area contributed by atoms with Gasteiger partial charge in [-0.1, -0.05) is 24.8 Å². The van der Waals surface area contributed by atoms with Crippen LogP contribution in [0.2, 0.25) is 0 Å². The minimum absolute atomic E-state index is 0.0458. The van der Waals surface area contributed by atoms with Crippen molar-refractivity contribution in [2.75, 3.05) is 24.7 Å². The van der Waals surface area contributed by atoms with Gasteiger partial charge < -0.3 is 19.3 Å². The van der Waals surface area contributed by atoms with Crippen LogP contribution in [0.5, 0.6) is 5.75 Å². The Kier molecular flexibility index (Phi) is 6.50. The number of furan rings is 1. The number of aromatic nitrogens is 1. The van der Waals surface area contributed by atoms with Crippen LogP contribution in [0.15, 0.2) is 94.3 Å². The van der Waals surface area contributed by atoms with Crippen molar-refractivity contribution in [1.82, 2.24) is 10.3 Å². The summed E-state index contributed by atoms with van der Waals surface area (Å²) >= 11 is 0. The summed E-state index contributed by atoms with van der Waals surface area (Å²) in [4.78, 5) is 4.52. The van der Waals surface area contributed by atoms with Crippen LogP contribution in [-0.4, -0.2) is 38.9 Å². The predicted octanol–water partition coefficient (Wildman–Crippen LogP) is 7.01. The molecule has 10 heteroatoms. The Morgan fingerprint density at radius 3 is 2.36 bits per heavy atom. The average molecular weight is 584 g/mol. The molecule has 0 unspecified atom stereocenters. The summed E-state index contributed by atoms with van der Waals surface area (Å²) < 4.78 is 52.6. The van der Waals surface area contributed by atoms with E-state index in [-0.39, 0.29) is 17.5 Å². The summed E-state index contributed by atoms with van der Waals surface area (Å²) in [5, 5.41) is 14.5. The third-order valence-corrected chi connectivity index (χ3v) is 8.38. The topological polar surface area (TPSA) is 109 Å². The highest BCUT2D eigenvalue weighted by atomic mass is 32.2. The van der Waals surface area contributed by atoms with Crippen molar-refractivity contribution in [2.45, 2.75) is 0 Å². The Labute approximate surface area is 241 Å². The van der Waals surface area contributed by atoms with E-state index in [1.807, 2.05) is 24.3 Å². The highest BCUT2D eigenvalue weighted by molar-refractivity contribution is 7.92. The number of phenols is 1. The quantitative estimate of drug-likeness (QED) is 0.208. The second-order valence-corrected chi connectivity index (χ2v) is 11.9. The summed E-state index contributed by atoms with van der Waals surface area (Å²) in [6.07, 6.45) is 1.11. The van der Waals surface area contributed by atoms with Crippen molar-refractivity contribution >= 4 is 43.5 Å². The first-order valence-electron chi connectivity index (χ1n) is 12.9. The van der Waals surface area contributed by atoms with Crippen LogP contribution in [0.4, 0.5) is 10.1 Å². The number of anilines is 1. The molecule has 0 amide bonds. The van der Waals surface area contributed by atoms with Crippen LogP contribution in [0.1, 0.15) is 5.56 Å². The number of oxazole rings is 1. The predicted molar refractivity (Wildman–Crippen MR) is 163 cm³/mol. The molecule has 0 aliphatic carbocycles. The maximum absolute atomic E-state index is 13.7. The first kappa shape index (κ1) is 27.1. The Morgan fingerprint density at radius 2 is 1.67 bits per heavy atom. The monoisotopic (exact) mass is 583 g/mol. The Hall–Kier alpha value is -5.09. The number of benzene rings is 4. The van der Waals surface area contributed by atoms with E-state index in [1.54, 1.807) is 43.4 Å².